The molecule has 1 aromatic rings. The Hall–Kier alpha value is -1.55. The highest BCUT2D eigenvalue weighted by atomic mass is 14.2. The second-order valence-corrected chi connectivity index (χ2v) is 3.40. The number of hydrogen-bond acceptors (Lipinski definition) is 1. The molecule has 0 spiro atoms. The number of hydrogen-bond donors (Lipinski definition) is 0. The van der Waals surface area contributed by atoms with Crippen molar-refractivity contribution in [2.24, 2.45) is 0 Å². The molecule has 0 amide bonds. The Kier molecular flexibility index (Phi) is 3.94. The van der Waals surface area contributed by atoms with Crippen LogP contribution in [0.4, 0.5) is 0 Å². The first kappa shape index (κ1) is 10.5. The fraction of sp³-hybridized carbons (Fsp3) is 0.308. The number of rotatable bonds is 3. The first-order valence-corrected chi connectivity index (χ1v) is 4.93. The largest absolute Gasteiger partial charge is 0.193 e. The van der Waals surface area contributed by atoms with E-state index in [0.29, 0.717) is 0 Å². The molecule has 0 aliphatic rings. The summed E-state index contributed by atoms with van der Waals surface area (Å²) in [5, 5.41) is 8.51. The summed E-state index contributed by atoms with van der Waals surface area (Å²) in [6.07, 6.45) is 3.88. The van der Waals surface area contributed by atoms with Crippen LogP contribution in [0.25, 0.3) is 5.57 Å². The molecule has 72 valence electrons. The van der Waals surface area contributed by atoms with Gasteiger partial charge >= 0.3 is 0 Å². The Labute approximate surface area is 85.7 Å². The van der Waals surface area contributed by atoms with E-state index in [2.05, 4.69) is 31.2 Å². The molecular formula is C13H15N. The summed E-state index contributed by atoms with van der Waals surface area (Å²) < 4.78 is 0. The highest BCUT2D eigenvalue weighted by Crippen LogP contribution is 2.14. The van der Waals surface area contributed by atoms with Gasteiger partial charge in [0.05, 0.1) is 6.07 Å². The Bertz CT molecular complexity index is 352. The first-order chi connectivity index (χ1) is 6.77. The monoisotopic (exact) mass is 185 g/mol. The highest BCUT2D eigenvalue weighted by Gasteiger charge is 1.95. The van der Waals surface area contributed by atoms with Crippen LogP contribution in [0.1, 0.15) is 31.4 Å². The quantitative estimate of drug-likeness (QED) is 0.660. The molecule has 14 heavy (non-hydrogen) atoms. The van der Waals surface area contributed by atoms with Gasteiger partial charge in [-0.2, -0.15) is 5.26 Å². The van der Waals surface area contributed by atoms with Crippen molar-refractivity contribution in [2.75, 3.05) is 0 Å². The smallest absolute Gasteiger partial charge is 0.0915 e. The molecule has 0 N–H and O–H groups in total. The zero-order valence-electron chi connectivity index (χ0n) is 8.75. The minimum absolute atomic E-state index is 1.02. The van der Waals surface area contributed by atoms with Crippen molar-refractivity contribution in [2.45, 2.75) is 26.7 Å². The molecule has 0 saturated carbocycles. The first-order valence-electron chi connectivity index (χ1n) is 4.93. The molecule has 1 aromatic carbocycles. The summed E-state index contributed by atoms with van der Waals surface area (Å²) >= 11 is 0. The van der Waals surface area contributed by atoms with Gasteiger partial charge in [0, 0.05) is 6.08 Å². The molecule has 0 fully saturated rings. The van der Waals surface area contributed by atoms with Crippen molar-refractivity contribution in [3.05, 3.63) is 41.5 Å². The fourth-order valence-corrected chi connectivity index (χ4v) is 1.40. The lowest BCUT2D eigenvalue weighted by Gasteiger charge is -2.02. The van der Waals surface area contributed by atoms with Gasteiger partial charge in [-0.1, -0.05) is 37.6 Å². The van der Waals surface area contributed by atoms with Crippen molar-refractivity contribution in [3.8, 4) is 6.07 Å². The van der Waals surface area contributed by atoms with E-state index in [1.54, 1.807) is 6.08 Å². The average molecular weight is 185 g/mol. The zero-order valence-corrected chi connectivity index (χ0v) is 8.75. The average Bonchev–Trinajstić information content (AvgIpc) is 2.20. The van der Waals surface area contributed by atoms with Crippen LogP contribution in [-0.4, -0.2) is 0 Å². The van der Waals surface area contributed by atoms with Gasteiger partial charge in [0.15, 0.2) is 0 Å². The summed E-state index contributed by atoms with van der Waals surface area (Å²) in [5.41, 5.74) is 3.52. The lowest BCUT2D eigenvalue weighted by Crippen LogP contribution is -1.84. The van der Waals surface area contributed by atoms with Crippen LogP contribution in [0.2, 0.25) is 0 Å². The van der Waals surface area contributed by atoms with E-state index in [-0.39, 0.29) is 0 Å². The standard InChI is InChI=1S/C13H15N/c1-3-4-12-5-7-13(8-6-12)11(2)9-10-14/h5-9H,3-4H2,1-2H3. The maximum atomic E-state index is 8.51. The molecule has 0 unspecified atom stereocenters. The third-order valence-corrected chi connectivity index (χ3v) is 2.23. The Morgan fingerprint density at radius 1 is 1.36 bits per heavy atom. The molecule has 1 nitrogen and oxygen atoms in total. The van der Waals surface area contributed by atoms with Crippen LogP contribution in [0.5, 0.6) is 0 Å². The van der Waals surface area contributed by atoms with Gasteiger partial charge in [0.1, 0.15) is 0 Å². The van der Waals surface area contributed by atoms with Crippen LogP contribution in [0.15, 0.2) is 30.3 Å². The van der Waals surface area contributed by atoms with Crippen LogP contribution in [0, 0.1) is 11.3 Å². The van der Waals surface area contributed by atoms with E-state index in [1.807, 2.05) is 13.0 Å². The zero-order chi connectivity index (χ0) is 10.4. The SMILES string of the molecule is CCCc1ccc(C(C)=CC#N)cc1. The van der Waals surface area contributed by atoms with Crippen molar-refractivity contribution in [1.29, 1.82) is 5.26 Å². The molecule has 0 aromatic heterocycles. The van der Waals surface area contributed by atoms with Gasteiger partial charge in [-0.15, -0.1) is 0 Å². The molecule has 0 aliphatic carbocycles. The van der Waals surface area contributed by atoms with Gasteiger partial charge in [-0.05, 0) is 30.0 Å². The minimum atomic E-state index is 1.02. The Balaban J connectivity index is 2.84. The lowest BCUT2D eigenvalue weighted by molar-refractivity contribution is 0.922. The summed E-state index contributed by atoms with van der Waals surface area (Å²) in [6, 6.07) is 10.5. The summed E-state index contributed by atoms with van der Waals surface area (Å²) in [4.78, 5) is 0. The van der Waals surface area contributed by atoms with E-state index in [4.69, 9.17) is 5.26 Å². The maximum absolute atomic E-state index is 8.51. The van der Waals surface area contributed by atoms with Crippen LogP contribution in [0.3, 0.4) is 0 Å². The van der Waals surface area contributed by atoms with E-state index < -0.39 is 0 Å². The predicted molar refractivity (Wildman–Crippen MR) is 59.7 cm³/mol. The second kappa shape index (κ2) is 5.24. The van der Waals surface area contributed by atoms with Gasteiger partial charge in [-0.3, -0.25) is 0 Å². The topological polar surface area (TPSA) is 23.8 Å². The fourth-order valence-electron chi connectivity index (χ4n) is 1.40. The molecule has 1 rings (SSSR count). The molecule has 0 aliphatic heterocycles. The number of nitrogens with zero attached hydrogens (tertiary/aromatic N) is 1. The van der Waals surface area contributed by atoms with Crippen molar-refractivity contribution in [1.82, 2.24) is 0 Å². The second-order valence-electron chi connectivity index (χ2n) is 3.40. The molecule has 1 heteroatoms. The van der Waals surface area contributed by atoms with E-state index in [9.17, 15) is 0 Å². The summed E-state index contributed by atoms with van der Waals surface area (Å²) in [6.45, 7) is 4.13. The molecule has 0 radical (unpaired) electrons. The van der Waals surface area contributed by atoms with E-state index in [0.717, 1.165) is 17.6 Å². The van der Waals surface area contributed by atoms with Crippen molar-refractivity contribution in [3.63, 3.8) is 0 Å². The summed E-state index contributed by atoms with van der Waals surface area (Å²) in [5.74, 6) is 0. The van der Waals surface area contributed by atoms with Gasteiger partial charge in [0.2, 0.25) is 0 Å². The molecule has 0 heterocycles. The van der Waals surface area contributed by atoms with Crippen LogP contribution in [-0.2, 0) is 6.42 Å². The maximum Gasteiger partial charge on any atom is 0.0915 e. The normalized spacial score (nSPS) is 11.1. The predicted octanol–water partition coefficient (Wildman–Crippen LogP) is 3.57. The summed E-state index contributed by atoms with van der Waals surface area (Å²) in [7, 11) is 0. The number of allylic oxidation sites excluding steroid dienone is 2. The van der Waals surface area contributed by atoms with Gasteiger partial charge in [-0.25, -0.2) is 0 Å². The van der Waals surface area contributed by atoms with Crippen molar-refractivity contribution >= 4 is 5.57 Å². The minimum Gasteiger partial charge on any atom is -0.193 e. The number of aryl methyl sites for hydroxylation is 1. The number of nitriles is 1. The van der Waals surface area contributed by atoms with Crippen molar-refractivity contribution < 1.29 is 0 Å². The van der Waals surface area contributed by atoms with Crippen LogP contribution >= 0.6 is 0 Å². The third-order valence-electron chi connectivity index (χ3n) is 2.23. The Morgan fingerprint density at radius 3 is 2.50 bits per heavy atom. The molecule has 0 saturated heterocycles. The Morgan fingerprint density at radius 2 is 2.00 bits per heavy atom. The lowest BCUT2D eigenvalue weighted by atomic mass is 10.0. The van der Waals surface area contributed by atoms with E-state index >= 15 is 0 Å². The van der Waals surface area contributed by atoms with Gasteiger partial charge in [0.25, 0.3) is 0 Å². The third kappa shape index (κ3) is 2.74. The van der Waals surface area contributed by atoms with Crippen LogP contribution < -0.4 is 0 Å². The molecule has 0 bridgehead atoms. The highest BCUT2D eigenvalue weighted by molar-refractivity contribution is 5.65. The molecular weight excluding hydrogens is 170 g/mol. The van der Waals surface area contributed by atoms with Gasteiger partial charge < -0.3 is 0 Å². The number of benzene rings is 1. The molecule has 0 atom stereocenters. The van der Waals surface area contributed by atoms with E-state index in [1.165, 1.54) is 12.0 Å².